The van der Waals surface area contributed by atoms with E-state index in [1.54, 1.807) is 0 Å². The van der Waals surface area contributed by atoms with E-state index < -0.39 is 15.6 Å². The summed E-state index contributed by atoms with van der Waals surface area (Å²) in [5.41, 5.74) is -0.552. The predicted molar refractivity (Wildman–Crippen MR) is 82.3 cm³/mol. The standard InChI is InChI=1S/C12H15Cl3N2O2S/c1-12(2)7-16-3-4-17(12)20(18,19)11-9(14)5-8(13)6-10(11)15/h5-6,16H,3-4,7H2,1-2H3. The molecule has 1 aliphatic rings. The highest BCUT2D eigenvalue weighted by Crippen LogP contribution is 2.36. The summed E-state index contributed by atoms with van der Waals surface area (Å²) in [7, 11) is -3.78. The molecule has 0 spiro atoms. The molecule has 1 N–H and O–H groups in total. The summed E-state index contributed by atoms with van der Waals surface area (Å²) in [6.45, 7) is 5.23. The lowest BCUT2D eigenvalue weighted by atomic mass is 10.0. The Balaban J connectivity index is 2.56. The zero-order chi connectivity index (χ0) is 15.1. The van der Waals surface area contributed by atoms with Crippen LogP contribution in [-0.4, -0.2) is 37.9 Å². The molecule has 2 rings (SSSR count). The van der Waals surface area contributed by atoms with Crippen molar-refractivity contribution >= 4 is 44.8 Å². The highest BCUT2D eigenvalue weighted by molar-refractivity contribution is 7.89. The van der Waals surface area contributed by atoms with Crippen molar-refractivity contribution in [3.8, 4) is 0 Å². The van der Waals surface area contributed by atoms with E-state index in [0.717, 1.165) is 0 Å². The molecular formula is C12H15Cl3N2O2S. The number of benzene rings is 1. The summed E-state index contributed by atoms with van der Waals surface area (Å²) in [6.07, 6.45) is 0. The molecule has 0 unspecified atom stereocenters. The Labute approximate surface area is 134 Å². The summed E-state index contributed by atoms with van der Waals surface area (Å²) < 4.78 is 27.1. The van der Waals surface area contributed by atoms with Crippen LogP contribution in [0.2, 0.25) is 15.1 Å². The molecule has 1 aliphatic heterocycles. The van der Waals surface area contributed by atoms with Gasteiger partial charge in [0.25, 0.3) is 0 Å². The van der Waals surface area contributed by atoms with Crippen LogP contribution in [-0.2, 0) is 10.0 Å². The third kappa shape index (κ3) is 2.93. The zero-order valence-corrected chi connectivity index (χ0v) is 14.2. The highest BCUT2D eigenvalue weighted by atomic mass is 35.5. The van der Waals surface area contributed by atoms with Gasteiger partial charge in [-0.25, -0.2) is 8.42 Å². The second kappa shape index (κ2) is 5.63. The highest BCUT2D eigenvalue weighted by Gasteiger charge is 2.40. The third-order valence-electron chi connectivity index (χ3n) is 3.24. The summed E-state index contributed by atoms with van der Waals surface area (Å²) in [6, 6.07) is 2.77. The van der Waals surface area contributed by atoms with E-state index >= 15 is 0 Å². The van der Waals surface area contributed by atoms with Gasteiger partial charge in [0, 0.05) is 30.2 Å². The molecule has 20 heavy (non-hydrogen) atoms. The minimum Gasteiger partial charge on any atom is -0.314 e. The van der Waals surface area contributed by atoms with Crippen molar-refractivity contribution in [3.05, 3.63) is 27.2 Å². The molecule has 0 atom stereocenters. The van der Waals surface area contributed by atoms with Crippen LogP contribution in [0.5, 0.6) is 0 Å². The predicted octanol–water partition coefficient (Wildman–Crippen LogP) is 3.02. The quantitative estimate of drug-likeness (QED) is 0.885. The molecule has 1 fully saturated rings. The van der Waals surface area contributed by atoms with Gasteiger partial charge in [0.15, 0.2) is 0 Å². The molecule has 0 saturated carbocycles. The van der Waals surface area contributed by atoms with Crippen molar-refractivity contribution < 1.29 is 8.42 Å². The lowest BCUT2D eigenvalue weighted by Gasteiger charge is -2.41. The van der Waals surface area contributed by atoms with Crippen LogP contribution < -0.4 is 5.32 Å². The van der Waals surface area contributed by atoms with Crippen LogP contribution in [0.15, 0.2) is 17.0 Å². The minimum atomic E-state index is -3.78. The number of nitrogens with one attached hydrogen (secondary N) is 1. The van der Waals surface area contributed by atoms with Crippen molar-refractivity contribution in [2.45, 2.75) is 24.3 Å². The fraction of sp³-hybridized carbons (Fsp3) is 0.500. The molecule has 0 amide bonds. The summed E-state index contributed by atoms with van der Waals surface area (Å²) in [5, 5.41) is 3.56. The number of halogens is 3. The van der Waals surface area contributed by atoms with Gasteiger partial charge in [-0.3, -0.25) is 0 Å². The molecule has 1 aromatic rings. The molecular weight excluding hydrogens is 343 g/mol. The SMILES string of the molecule is CC1(C)CNCCN1S(=O)(=O)c1c(Cl)cc(Cl)cc1Cl. The largest absolute Gasteiger partial charge is 0.314 e. The van der Waals surface area contributed by atoms with E-state index in [1.807, 2.05) is 13.8 Å². The fourth-order valence-electron chi connectivity index (χ4n) is 2.30. The topological polar surface area (TPSA) is 49.4 Å². The lowest BCUT2D eigenvalue weighted by Crippen LogP contribution is -2.59. The first kappa shape index (κ1) is 16.3. The lowest BCUT2D eigenvalue weighted by molar-refractivity contribution is 0.186. The number of sulfonamides is 1. The Morgan fingerprint density at radius 2 is 1.75 bits per heavy atom. The molecule has 0 aromatic heterocycles. The van der Waals surface area contributed by atoms with Gasteiger partial charge < -0.3 is 5.32 Å². The van der Waals surface area contributed by atoms with Crippen LogP contribution in [0.3, 0.4) is 0 Å². The van der Waals surface area contributed by atoms with E-state index in [9.17, 15) is 8.42 Å². The smallest absolute Gasteiger partial charge is 0.246 e. The molecule has 1 saturated heterocycles. The average molecular weight is 358 g/mol. The van der Waals surface area contributed by atoms with Crippen molar-refractivity contribution in [1.29, 1.82) is 0 Å². The van der Waals surface area contributed by atoms with Gasteiger partial charge in [0.1, 0.15) is 4.90 Å². The summed E-state index contributed by atoms with van der Waals surface area (Å²) >= 11 is 17.9. The first-order chi connectivity index (χ1) is 9.16. The molecule has 112 valence electrons. The van der Waals surface area contributed by atoms with Crippen molar-refractivity contribution in [2.24, 2.45) is 0 Å². The molecule has 0 bridgehead atoms. The Morgan fingerprint density at radius 3 is 2.25 bits per heavy atom. The first-order valence-electron chi connectivity index (χ1n) is 6.04. The van der Waals surface area contributed by atoms with Crippen molar-refractivity contribution in [1.82, 2.24) is 9.62 Å². The molecule has 0 aliphatic carbocycles. The Hall–Kier alpha value is -0.0400. The maximum absolute atomic E-state index is 12.8. The van der Waals surface area contributed by atoms with Crippen LogP contribution in [0.25, 0.3) is 0 Å². The number of piperazine rings is 1. The number of hydrogen-bond donors (Lipinski definition) is 1. The Morgan fingerprint density at radius 1 is 1.20 bits per heavy atom. The monoisotopic (exact) mass is 356 g/mol. The number of hydrogen-bond acceptors (Lipinski definition) is 3. The Bertz CT molecular complexity index is 609. The van der Waals surface area contributed by atoms with Gasteiger partial charge in [0.2, 0.25) is 10.0 Å². The van der Waals surface area contributed by atoms with Gasteiger partial charge in [-0.05, 0) is 26.0 Å². The van der Waals surface area contributed by atoms with Gasteiger partial charge >= 0.3 is 0 Å². The average Bonchev–Trinajstić information content (AvgIpc) is 2.25. The van der Waals surface area contributed by atoms with E-state index in [2.05, 4.69) is 5.32 Å². The second-order valence-corrected chi connectivity index (χ2v) is 8.31. The van der Waals surface area contributed by atoms with E-state index in [1.165, 1.54) is 16.4 Å². The van der Waals surface area contributed by atoms with Crippen LogP contribution in [0, 0.1) is 0 Å². The van der Waals surface area contributed by atoms with E-state index in [-0.39, 0.29) is 14.9 Å². The van der Waals surface area contributed by atoms with Crippen molar-refractivity contribution in [2.75, 3.05) is 19.6 Å². The fourth-order valence-corrected chi connectivity index (χ4v) is 5.58. The minimum absolute atomic E-state index is 0.0387. The summed E-state index contributed by atoms with van der Waals surface area (Å²) in [5.74, 6) is 0. The van der Waals surface area contributed by atoms with Crippen LogP contribution in [0.4, 0.5) is 0 Å². The number of nitrogens with zero attached hydrogens (tertiary/aromatic N) is 1. The van der Waals surface area contributed by atoms with Crippen LogP contribution >= 0.6 is 34.8 Å². The van der Waals surface area contributed by atoms with E-state index in [4.69, 9.17) is 34.8 Å². The maximum Gasteiger partial charge on any atom is 0.246 e. The van der Waals surface area contributed by atoms with Gasteiger partial charge in [-0.2, -0.15) is 4.31 Å². The molecule has 1 aromatic carbocycles. The molecule has 1 heterocycles. The third-order valence-corrected chi connectivity index (χ3v) is 6.49. The van der Waals surface area contributed by atoms with Gasteiger partial charge in [-0.15, -0.1) is 0 Å². The van der Waals surface area contributed by atoms with Crippen LogP contribution in [0.1, 0.15) is 13.8 Å². The van der Waals surface area contributed by atoms with Gasteiger partial charge in [0.05, 0.1) is 10.0 Å². The Kier molecular flexibility index (Phi) is 4.60. The van der Waals surface area contributed by atoms with E-state index in [0.29, 0.717) is 24.7 Å². The van der Waals surface area contributed by atoms with Crippen molar-refractivity contribution in [3.63, 3.8) is 0 Å². The van der Waals surface area contributed by atoms with Gasteiger partial charge in [-0.1, -0.05) is 34.8 Å². The zero-order valence-electron chi connectivity index (χ0n) is 11.1. The molecule has 4 nitrogen and oxygen atoms in total. The maximum atomic E-state index is 12.8. The first-order valence-corrected chi connectivity index (χ1v) is 8.62. The second-order valence-electron chi connectivity index (χ2n) is 5.26. The summed E-state index contributed by atoms with van der Waals surface area (Å²) in [4.78, 5) is -0.0831. The normalized spacial score (nSPS) is 20.1. The number of rotatable bonds is 2. The molecule has 8 heteroatoms. The molecule has 0 radical (unpaired) electrons.